The number of Topliss-reactive ketones (excluding diaryl/α,β-unsaturated/α-hetero) is 1. The number of fused-ring (bicyclic) bond motifs is 1. The average Bonchev–Trinajstić information content (AvgIpc) is 2.76. The summed E-state index contributed by atoms with van der Waals surface area (Å²) in [4.78, 5) is 12.7. The van der Waals surface area contributed by atoms with E-state index in [1.807, 2.05) is 55.5 Å². The van der Waals surface area contributed by atoms with Gasteiger partial charge in [-0.1, -0.05) is 53.3 Å². The van der Waals surface area contributed by atoms with E-state index in [-0.39, 0.29) is 29.3 Å². The Hall–Kier alpha value is -1.72. The molecule has 0 aliphatic rings. The first-order valence-electron chi connectivity index (χ1n) is 6.38. The predicted molar refractivity (Wildman–Crippen MR) is 91.5 cm³/mol. The van der Waals surface area contributed by atoms with Gasteiger partial charge in [-0.15, -0.1) is 17.0 Å². The van der Waals surface area contributed by atoms with E-state index in [1.54, 1.807) is 4.57 Å². The minimum absolute atomic E-state index is 0. The van der Waals surface area contributed by atoms with Crippen LogP contribution < -0.4 is 4.80 Å². The van der Waals surface area contributed by atoms with Gasteiger partial charge in [-0.25, -0.2) is 0 Å². The zero-order valence-corrected chi connectivity index (χ0v) is 14.0. The van der Waals surface area contributed by atoms with Crippen molar-refractivity contribution < 1.29 is 4.79 Å². The van der Waals surface area contributed by atoms with Crippen molar-refractivity contribution in [1.82, 2.24) is 4.57 Å². The number of aromatic nitrogens is 1. The van der Waals surface area contributed by atoms with E-state index in [4.69, 9.17) is 5.41 Å². The molecule has 21 heavy (non-hydrogen) atoms. The summed E-state index contributed by atoms with van der Waals surface area (Å²) in [7, 11) is 0. The third kappa shape index (κ3) is 3.14. The molecule has 0 radical (unpaired) electrons. The molecule has 0 aliphatic carbocycles. The average molecular weight is 363 g/mol. The Kier molecular flexibility index (Phi) is 4.75. The normalized spacial score (nSPS) is 10.3. The molecule has 0 bridgehead atoms. The van der Waals surface area contributed by atoms with Crippen LogP contribution in [0.1, 0.15) is 15.9 Å². The summed E-state index contributed by atoms with van der Waals surface area (Å²) in [6, 6.07) is 15.4. The molecule has 0 spiro atoms. The van der Waals surface area contributed by atoms with Crippen molar-refractivity contribution in [2.24, 2.45) is 0 Å². The van der Waals surface area contributed by atoms with Gasteiger partial charge in [-0.05, 0) is 19.1 Å². The van der Waals surface area contributed by atoms with Gasteiger partial charge in [0.15, 0.2) is 10.6 Å². The highest BCUT2D eigenvalue weighted by atomic mass is 79.9. The predicted octanol–water partition coefficient (Wildman–Crippen LogP) is 3.95. The number of thiazole rings is 1. The highest BCUT2D eigenvalue weighted by Gasteiger charge is 2.10. The number of carbonyl (C=O) groups is 1. The van der Waals surface area contributed by atoms with Crippen LogP contribution in [0.4, 0.5) is 0 Å². The number of para-hydroxylation sites is 1. The second-order valence-corrected chi connectivity index (χ2v) is 5.78. The molecule has 3 nitrogen and oxygen atoms in total. The molecular formula is C16H15BrN2OS. The summed E-state index contributed by atoms with van der Waals surface area (Å²) in [6.45, 7) is 2.21. The highest BCUT2D eigenvalue weighted by Crippen LogP contribution is 2.17. The SMILES string of the molecule is Br.Cc1ccc(C(=O)Cn2c(=N)sc3ccccc32)cc1. The van der Waals surface area contributed by atoms with Gasteiger partial charge < -0.3 is 4.57 Å². The van der Waals surface area contributed by atoms with Crippen molar-refractivity contribution in [3.8, 4) is 0 Å². The summed E-state index contributed by atoms with van der Waals surface area (Å²) in [5.74, 6) is 0.0343. The van der Waals surface area contributed by atoms with Crippen LogP contribution in [-0.2, 0) is 6.54 Å². The maximum atomic E-state index is 12.3. The molecular weight excluding hydrogens is 348 g/mol. The topological polar surface area (TPSA) is 45.9 Å². The summed E-state index contributed by atoms with van der Waals surface area (Å²) in [5.41, 5.74) is 2.78. The van der Waals surface area contributed by atoms with E-state index in [2.05, 4.69) is 0 Å². The van der Waals surface area contributed by atoms with Crippen molar-refractivity contribution in [3.05, 3.63) is 64.5 Å². The molecule has 0 fully saturated rings. The Labute approximate surface area is 137 Å². The number of nitrogens with zero attached hydrogens (tertiary/aromatic N) is 1. The number of ketones is 1. The number of hydrogen-bond acceptors (Lipinski definition) is 3. The lowest BCUT2D eigenvalue weighted by Crippen LogP contribution is -2.19. The van der Waals surface area contributed by atoms with E-state index >= 15 is 0 Å². The molecule has 1 N–H and O–H groups in total. The lowest BCUT2D eigenvalue weighted by atomic mass is 10.1. The van der Waals surface area contributed by atoms with Gasteiger partial charge in [-0.2, -0.15) is 0 Å². The fraction of sp³-hybridized carbons (Fsp3) is 0.125. The first kappa shape index (κ1) is 15.7. The van der Waals surface area contributed by atoms with E-state index in [0.29, 0.717) is 10.4 Å². The van der Waals surface area contributed by atoms with Gasteiger partial charge in [0.1, 0.15) is 0 Å². The molecule has 0 unspecified atom stereocenters. The molecule has 3 rings (SSSR count). The van der Waals surface area contributed by atoms with Crippen LogP contribution in [0.2, 0.25) is 0 Å². The molecule has 0 aliphatic heterocycles. The first-order valence-corrected chi connectivity index (χ1v) is 7.19. The lowest BCUT2D eigenvalue weighted by molar-refractivity contribution is 0.0972. The molecule has 5 heteroatoms. The number of halogens is 1. The number of aryl methyl sites for hydroxylation is 1. The van der Waals surface area contributed by atoms with Gasteiger partial charge in [0, 0.05) is 5.56 Å². The summed E-state index contributed by atoms with van der Waals surface area (Å²) < 4.78 is 2.80. The first-order chi connectivity index (χ1) is 9.65. The zero-order valence-electron chi connectivity index (χ0n) is 11.5. The molecule has 108 valence electrons. The van der Waals surface area contributed by atoms with Crippen molar-refractivity contribution >= 4 is 44.3 Å². The lowest BCUT2D eigenvalue weighted by Gasteiger charge is -2.04. The second kappa shape index (κ2) is 6.37. The Morgan fingerprint density at radius 2 is 1.81 bits per heavy atom. The molecule has 0 saturated carbocycles. The van der Waals surface area contributed by atoms with Crippen LogP contribution in [-0.4, -0.2) is 10.4 Å². The van der Waals surface area contributed by atoms with Crippen molar-refractivity contribution in [1.29, 1.82) is 5.41 Å². The summed E-state index contributed by atoms with van der Waals surface area (Å²) in [6.07, 6.45) is 0. The third-order valence-electron chi connectivity index (χ3n) is 3.28. The minimum Gasteiger partial charge on any atom is -0.309 e. The molecule has 3 aromatic rings. The number of hydrogen-bond donors (Lipinski definition) is 1. The molecule has 0 saturated heterocycles. The third-order valence-corrected chi connectivity index (χ3v) is 4.26. The van der Waals surface area contributed by atoms with Crippen LogP contribution in [0.3, 0.4) is 0 Å². The van der Waals surface area contributed by atoms with Gasteiger partial charge >= 0.3 is 0 Å². The van der Waals surface area contributed by atoms with Crippen molar-refractivity contribution in [2.45, 2.75) is 13.5 Å². The minimum atomic E-state index is 0. The largest absolute Gasteiger partial charge is 0.309 e. The Morgan fingerprint density at radius 1 is 1.14 bits per heavy atom. The summed E-state index contributed by atoms with van der Waals surface area (Å²) >= 11 is 1.40. The molecule has 1 aromatic heterocycles. The molecule has 0 atom stereocenters. The number of carbonyl (C=O) groups excluding carboxylic acids is 1. The van der Waals surface area contributed by atoms with Crippen LogP contribution in [0, 0.1) is 12.3 Å². The zero-order chi connectivity index (χ0) is 14.1. The van der Waals surface area contributed by atoms with E-state index in [9.17, 15) is 4.79 Å². The number of benzene rings is 2. The smallest absolute Gasteiger partial charge is 0.183 e. The fourth-order valence-electron chi connectivity index (χ4n) is 2.17. The molecule has 0 amide bonds. The maximum Gasteiger partial charge on any atom is 0.183 e. The number of rotatable bonds is 3. The maximum absolute atomic E-state index is 12.3. The Bertz CT molecular complexity index is 833. The van der Waals surface area contributed by atoms with Gasteiger partial charge in [0.2, 0.25) is 0 Å². The quantitative estimate of drug-likeness (QED) is 0.704. The van der Waals surface area contributed by atoms with Crippen molar-refractivity contribution in [3.63, 3.8) is 0 Å². The fourth-order valence-corrected chi connectivity index (χ4v) is 3.08. The van der Waals surface area contributed by atoms with Gasteiger partial charge in [0.25, 0.3) is 0 Å². The van der Waals surface area contributed by atoms with Crippen LogP contribution >= 0.6 is 28.3 Å². The number of nitrogens with one attached hydrogen (secondary N) is 1. The summed E-state index contributed by atoms with van der Waals surface area (Å²) in [5, 5.41) is 8.02. The van der Waals surface area contributed by atoms with E-state index in [0.717, 1.165) is 15.8 Å². The monoisotopic (exact) mass is 362 g/mol. The van der Waals surface area contributed by atoms with Crippen LogP contribution in [0.25, 0.3) is 10.2 Å². The van der Waals surface area contributed by atoms with Gasteiger partial charge in [0.05, 0.1) is 16.8 Å². The second-order valence-electron chi connectivity index (χ2n) is 4.75. The Morgan fingerprint density at radius 3 is 2.52 bits per heavy atom. The van der Waals surface area contributed by atoms with E-state index < -0.39 is 0 Å². The van der Waals surface area contributed by atoms with E-state index in [1.165, 1.54) is 11.3 Å². The molecule has 1 heterocycles. The van der Waals surface area contributed by atoms with Crippen LogP contribution in [0.15, 0.2) is 48.5 Å². The van der Waals surface area contributed by atoms with Gasteiger partial charge in [-0.3, -0.25) is 10.2 Å². The van der Waals surface area contributed by atoms with Crippen molar-refractivity contribution in [2.75, 3.05) is 0 Å². The van der Waals surface area contributed by atoms with Crippen LogP contribution in [0.5, 0.6) is 0 Å². The standard InChI is InChI=1S/C16H14N2OS.BrH/c1-11-6-8-12(9-7-11)14(19)10-18-13-4-2-3-5-15(13)20-16(18)17;/h2-9,17H,10H2,1H3;1H. The molecule has 2 aromatic carbocycles. The highest BCUT2D eigenvalue weighted by molar-refractivity contribution is 8.93. The Balaban J connectivity index is 0.00000161.